The number of carbonyl (C=O) groups is 2. The van der Waals surface area contributed by atoms with E-state index in [9.17, 15) is 9.59 Å². The Morgan fingerprint density at radius 1 is 1.26 bits per heavy atom. The number of benzene rings is 1. The molecule has 3 N–H and O–H groups in total. The predicted octanol–water partition coefficient (Wildman–Crippen LogP) is 2.79. The van der Waals surface area contributed by atoms with Crippen LogP contribution in [0, 0.1) is 5.92 Å². The average Bonchev–Trinajstić information content (AvgIpc) is 3.17. The molecular weight excluding hydrogens is 362 g/mol. The van der Waals surface area contributed by atoms with E-state index in [1.54, 1.807) is 30.2 Å². The highest BCUT2D eigenvalue weighted by Gasteiger charge is 2.35. The van der Waals surface area contributed by atoms with Crippen molar-refractivity contribution in [2.45, 2.75) is 43.6 Å². The summed E-state index contributed by atoms with van der Waals surface area (Å²) in [7, 11) is 0. The molecule has 1 aromatic heterocycles. The van der Waals surface area contributed by atoms with Crippen LogP contribution in [0.1, 0.15) is 36.8 Å². The number of thioether (sulfide) groups is 1. The highest BCUT2D eigenvalue weighted by molar-refractivity contribution is 8.00. The molecule has 2 heterocycles. The molecule has 0 radical (unpaired) electrons. The Morgan fingerprint density at radius 2 is 2.04 bits per heavy atom. The van der Waals surface area contributed by atoms with Gasteiger partial charge in [0, 0.05) is 17.7 Å². The average molecular weight is 388 g/mol. The van der Waals surface area contributed by atoms with Gasteiger partial charge in [-0.2, -0.15) is 0 Å². The van der Waals surface area contributed by atoms with Gasteiger partial charge >= 0.3 is 0 Å². The topological polar surface area (TPSA) is 83.4 Å². The Labute approximate surface area is 163 Å². The van der Waals surface area contributed by atoms with Gasteiger partial charge in [-0.1, -0.05) is 30.3 Å². The summed E-state index contributed by atoms with van der Waals surface area (Å²) in [6, 6.07) is 13.7. The van der Waals surface area contributed by atoms with Crippen molar-refractivity contribution in [1.82, 2.24) is 16.0 Å². The molecule has 4 atom stereocenters. The molecule has 2 aromatic rings. The van der Waals surface area contributed by atoms with Gasteiger partial charge in [0.1, 0.15) is 11.3 Å². The number of nitrogens with one attached hydrogen (secondary N) is 3. The van der Waals surface area contributed by atoms with E-state index < -0.39 is 5.92 Å². The zero-order valence-corrected chi connectivity index (χ0v) is 16.3. The first-order valence-corrected chi connectivity index (χ1v) is 10.0. The Kier molecular flexibility index (Phi) is 6.58. The van der Waals surface area contributed by atoms with Gasteiger partial charge < -0.3 is 15.1 Å². The lowest BCUT2D eigenvalue weighted by Crippen LogP contribution is -2.59. The molecule has 1 aliphatic rings. The second-order valence-electron chi connectivity index (χ2n) is 6.70. The first kappa shape index (κ1) is 19.5. The smallest absolute Gasteiger partial charge is 0.227 e. The van der Waals surface area contributed by atoms with Crippen LogP contribution in [-0.4, -0.2) is 23.4 Å². The Morgan fingerprint density at radius 3 is 2.70 bits per heavy atom. The molecule has 4 unspecified atom stereocenters. The van der Waals surface area contributed by atoms with Gasteiger partial charge in [-0.25, -0.2) is 0 Å². The molecule has 0 spiro atoms. The molecule has 1 aliphatic heterocycles. The molecule has 0 aliphatic carbocycles. The number of carbonyl (C=O) groups excluding carboxylic acids is 2. The lowest BCUT2D eigenvalue weighted by molar-refractivity contribution is -0.133. The fraction of sp³-hybridized carbons (Fsp3) is 0.400. The fourth-order valence-corrected chi connectivity index (χ4v) is 4.28. The van der Waals surface area contributed by atoms with Crippen LogP contribution >= 0.6 is 11.8 Å². The molecule has 1 aromatic carbocycles. The molecule has 1 saturated heterocycles. The Balaban J connectivity index is 1.49. The van der Waals surface area contributed by atoms with Crippen molar-refractivity contribution in [3.05, 3.63) is 60.1 Å². The zero-order valence-electron chi connectivity index (χ0n) is 15.5. The van der Waals surface area contributed by atoms with E-state index in [-0.39, 0.29) is 35.0 Å². The van der Waals surface area contributed by atoms with Crippen LogP contribution in [0.4, 0.5) is 0 Å². The monoisotopic (exact) mass is 387 g/mol. The van der Waals surface area contributed by atoms with Gasteiger partial charge in [0.15, 0.2) is 0 Å². The van der Waals surface area contributed by atoms with E-state index in [0.717, 1.165) is 0 Å². The van der Waals surface area contributed by atoms with E-state index in [4.69, 9.17) is 4.42 Å². The number of hydrogen-bond acceptors (Lipinski definition) is 5. The summed E-state index contributed by atoms with van der Waals surface area (Å²) in [6.45, 7) is 4.39. The molecule has 0 bridgehead atoms. The van der Waals surface area contributed by atoms with Crippen LogP contribution < -0.4 is 16.0 Å². The molecule has 0 saturated carbocycles. The van der Waals surface area contributed by atoms with Crippen molar-refractivity contribution < 1.29 is 14.0 Å². The molecule has 1 fully saturated rings. The van der Waals surface area contributed by atoms with Crippen LogP contribution in [0.25, 0.3) is 0 Å². The summed E-state index contributed by atoms with van der Waals surface area (Å²) in [4.78, 5) is 24.7. The van der Waals surface area contributed by atoms with E-state index in [1.807, 2.05) is 25.1 Å². The number of rotatable bonds is 7. The maximum atomic E-state index is 12.5. The molecule has 6 nitrogen and oxygen atoms in total. The first-order chi connectivity index (χ1) is 13.0. The zero-order chi connectivity index (χ0) is 19.2. The van der Waals surface area contributed by atoms with Crippen molar-refractivity contribution in [1.29, 1.82) is 0 Å². The molecule has 27 heavy (non-hydrogen) atoms. The standard InChI is InChI=1S/C20H25N3O3S/c1-13-17(11-18(24)21-12-16-9-6-10-26-16)19(25)23-20(22-13)27-14(2)15-7-4-3-5-8-15/h3-10,13-14,17,20,22H,11-12H2,1-2H3,(H,21,24)(H,23,25). The van der Waals surface area contributed by atoms with Crippen molar-refractivity contribution in [3.8, 4) is 0 Å². The molecular formula is C20H25N3O3S. The lowest BCUT2D eigenvalue weighted by Gasteiger charge is -2.36. The quantitative estimate of drug-likeness (QED) is 0.680. The van der Waals surface area contributed by atoms with Gasteiger partial charge in [0.25, 0.3) is 0 Å². The second kappa shape index (κ2) is 9.10. The minimum Gasteiger partial charge on any atom is -0.467 e. The minimum atomic E-state index is -0.398. The Bertz CT molecular complexity index is 751. The van der Waals surface area contributed by atoms with Gasteiger partial charge in [-0.15, -0.1) is 11.8 Å². The third-order valence-corrected chi connectivity index (χ3v) is 5.89. The van der Waals surface area contributed by atoms with Crippen molar-refractivity contribution >= 4 is 23.6 Å². The maximum Gasteiger partial charge on any atom is 0.227 e. The third-order valence-electron chi connectivity index (χ3n) is 4.68. The summed E-state index contributed by atoms with van der Waals surface area (Å²) < 4.78 is 5.19. The summed E-state index contributed by atoms with van der Waals surface area (Å²) in [5.74, 6) is 0.0376. The molecule has 144 valence electrons. The third kappa shape index (κ3) is 5.37. The minimum absolute atomic E-state index is 0.0893. The van der Waals surface area contributed by atoms with Crippen molar-refractivity contribution in [2.24, 2.45) is 5.92 Å². The second-order valence-corrected chi connectivity index (χ2v) is 8.15. The summed E-state index contributed by atoms with van der Waals surface area (Å²) >= 11 is 1.65. The summed E-state index contributed by atoms with van der Waals surface area (Å²) in [5.41, 5.74) is 1.04. The van der Waals surface area contributed by atoms with Gasteiger partial charge in [0.05, 0.1) is 18.7 Å². The summed E-state index contributed by atoms with van der Waals surface area (Å²) in [5, 5.41) is 9.42. The highest BCUT2D eigenvalue weighted by atomic mass is 32.2. The van der Waals surface area contributed by atoms with Crippen LogP contribution in [0.3, 0.4) is 0 Å². The Hall–Kier alpha value is -2.25. The van der Waals surface area contributed by atoms with E-state index in [0.29, 0.717) is 12.3 Å². The van der Waals surface area contributed by atoms with Crippen molar-refractivity contribution in [2.75, 3.05) is 0 Å². The van der Waals surface area contributed by atoms with Crippen LogP contribution in [0.5, 0.6) is 0 Å². The SMILES string of the molecule is CC(SC1NC(=O)C(CC(=O)NCc2ccco2)C(C)N1)c1ccccc1. The predicted molar refractivity (Wildman–Crippen MR) is 106 cm³/mol. The first-order valence-electron chi connectivity index (χ1n) is 9.09. The molecule has 2 amide bonds. The van der Waals surface area contributed by atoms with Gasteiger partial charge in [-0.3, -0.25) is 14.9 Å². The molecule has 3 rings (SSSR count). The van der Waals surface area contributed by atoms with E-state index in [1.165, 1.54) is 5.56 Å². The maximum absolute atomic E-state index is 12.5. The normalized spacial score (nSPS) is 23.5. The van der Waals surface area contributed by atoms with Crippen LogP contribution in [0.15, 0.2) is 53.1 Å². The molecule has 7 heteroatoms. The van der Waals surface area contributed by atoms with Gasteiger partial charge in [0.2, 0.25) is 11.8 Å². The van der Waals surface area contributed by atoms with Crippen LogP contribution in [-0.2, 0) is 16.1 Å². The highest BCUT2D eigenvalue weighted by Crippen LogP contribution is 2.31. The number of hydrogen-bond donors (Lipinski definition) is 3. The van der Waals surface area contributed by atoms with Crippen molar-refractivity contribution in [3.63, 3.8) is 0 Å². The van der Waals surface area contributed by atoms with E-state index in [2.05, 4.69) is 35.0 Å². The van der Waals surface area contributed by atoms with E-state index >= 15 is 0 Å². The van der Waals surface area contributed by atoms with Crippen LogP contribution in [0.2, 0.25) is 0 Å². The lowest BCUT2D eigenvalue weighted by atomic mass is 9.94. The number of amides is 2. The van der Waals surface area contributed by atoms with Gasteiger partial charge in [-0.05, 0) is 31.5 Å². The largest absolute Gasteiger partial charge is 0.467 e. The number of furan rings is 1. The summed E-state index contributed by atoms with van der Waals surface area (Å²) in [6.07, 6.45) is 1.71. The fourth-order valence-electron chi connectivity index (χ4n) is 3.08.